The fraction of sp³-hybridized carbons (Fsp3) is 0.684. The van der Waals surface area contributed by atoms with Crippen LogP contribution in [0.1, 0.15) is 64.0 Å². The second kappa shape index (κ2) is 12.4. The molecule has 0 spiro atoms. The minimum atomic E-state index is -5.08. The largest absolute Gasteiger partial charge is 0.490 e. The van der Waals surface area contributed by atoms with Crippen LogP contribution >= 0.6 is 21.6 Å². The molecule has 0 unspecified atom stereocenters. The number of hydrogen-bond acceptors (Lipinski definition) is 6. The lowest BCUT2D eigenvalue weighted by Crippen LogP contribution is -2.28. The Kier molecular flexibility index (Phi) is 11.6. The Hall–Kier alpha value is -1.89. The number of alkyl halides is 3. The molecule has 184 valence electrons. The van der Waals surface area contributed by atoms with Gasteiger partial charge in [-0.25, -0.2) is 4.79 Å². The maximum Gasteiger partial charge on any atom is 0.490 e. The van der Waals surface area contributed by atoms with Gasteiger partial charge in [0.05, 0.1) is 23.2 Å². The molecule has 1 aromatic rings. The van der Waals surface area contributed by atoms with Gasteiger partial charge in [-0.05, 0) is 20.8 Å². The zero-order chi connectivity index (χ0) is 25.3. The van der Waals surface area contributed by atoms with E-state index in [1.807, 2.05) is 31.6 Å². The summed E-state index contributed by atoms with van der Waals surface area (Å²) in [4.78, 5) is 31.9. The van der Waals surface area contributed by atoms with Crippen molar-refractivity contribution in [3.63, 3.8) is 0 Å². The van der Waals surface area contributed by atoms with Crippen molar-refractivity contribution in [1.82, 2.24) is 15.1 Å². The van der Waals surface area contributed by atoms with E-state index in [1.165, 1.54) is 10.8 Å². The maximum absolute atomic E-state index is 12.6. The van der Waals surface area contributed by atoms with E-state index in [9.17, 15) is 22.8 Å². The average Bonchev–Trinajstić information content (AvgIpc) is 3.06. The number of halogens is 3. The molecule has 0 atom stereocenters. The van der Waals surface area contributed by atoms with Crippen LogP contribution in [-0.4, -0.2) is 62.1 Å². The van der Waals surface area contributed by atoms with Crippen LogP contribution in [0.5, 0.6) is 0 Å². The lowest BCUT2D eigenvalue weighted by Gasteiger charge is -2.20. The van der Waals surface area contributed by atoms with Crippen molar-refractivity contribution in [2.45, 2.75) is 65.1 Å². The monoisotopic (exact) mass is 501 g/mol. The van der Waals surface area contributed by atoms with Crippen molar-refractivity contribution >= 4 is 39.4 Å². The first-order chi connectivity index (χ1) is 14.4. The number of carboxylic acids is 2. The van der Waals surface area contributed by atoms with E-state index in [1.54, 1.807) is 10.8 Å². The van der Waals surface area contributed by atoms with Crippen LogP contribution in [0.15, 0.2) is 6.20 Å². The van der Waals surface area contributed by atoms with E-state index >= 15 is 0 Å². The van der Waals surface area contributed by atoms with Gasteiger partial charge < -0.3 is 15.5 Å². The van der Waals surface area contributed by atoms with Crippen molar-refractivity contribution in [3.8, 4) is 0 Å². The predicted octanol–water partition coefficient (Wildman–Crippen LogP) is 4.15. The van der Waals surface area contributed by atoms with E-state index in [2.05, 4.69) is 31.2 Å². The number of carboxylic acid groups (broad SMARTS) is 2. The lowest BCUT2D eigenvalue weighted by molar-refractivity contribution is -0.192. The number of aliphatic carboxylic acids is 2. The molecule has 3 N–H and O–H groups in total. The summed E-state index contributed by atoms with van der Waals surface area (Å²) in [7, 11) is 3.08. The number of rotatable bonds is 8. The number of hydrogen-bond donors (Lipinski definition) is 3. The SMILES string of the molecule is CC(C)(C)c1nn(C(C)(C)C)cc1C(=O)NCCSSCCC(=O)O.O=C(O)C(F)(F)F. The van der Waals surface area contributed by atoms with Gasteiger partial charge in [0.15, 0.2) is 0 Å². The molecule has 0 aliphatic heterocycles. The summed E-state index contributed by atoms with van der Waals surface area (Å²) in [6.45, 7) is 12.8. The van der Waals surface area contributed by atoms with E-state index in [-0.39, 0.29) is 23.3 Å². The van der Waals surface area contributed by atoms with Crippen molar-refractivity contribution in [2.75, 3.05) is 18.1 Å². The van der Waals surface area contributed by atoms with E-state index in [0.29, 0.717) is 17.9 Å². The molecule has 0 radical (unpaired) electrons. The molecule has 1 heterocycles. The number of aromatic nitrogens is 2. The van der Waals surface area contributed by atoms with Crippen molar-refractivity contribution in [1.29, 1.82) is 0 Å². The molecule has 0 aromatic carbocycles. The Morgan fingerprint density at radius 1 is 1.03 bits per heavy atom. The molecule has 1 aromatic heterocycles. The Morgan fingerprint density at radius 2 is 1.53 bits per heavy atom. The second-order valence-electron chi connectivity index (χ2n) is 8.60. The summed E-state index contributed by atoms with van der Waals surface area (Å²) in [6.07, 6.45) is -3.10. The molecule has 8 nitrogen and oxygen atoms in total. The molecule has 1 amide bonds. The number of nitrogens with zero attached hydrogens (tertiary/aromatic N) is 2. The molecule has 0 fully saturated rings. The van der Waals surface area contributed by atoms with Crippen LogP contribution in [0.3, 0.4) is 0 Å². The second-order valence-corrected chi connectivity index (χ2v) is 11.3. The van der Waals surface area contributed by atoms with Gasteiger partial charge in [-0.2, -0.15) is 18.3 Å². The number of carbonyl (C=O) groups excluding carboxylic acids is 1. The van der Waals surface area contributed by atoms with Crippen LogP contribution in [0.4, 0.5) is 13.2 Å². The molecular weight excluding hydrogens is 471 g/mol. The average molecular weight is 502 g/mol. The van der Waals surface area contributed by atoms with Gasteiger partial charge in [-0.15, -0.1) is 0 Å². The van der Waals surface area contributed by atoms with Crippen LogP contribution in [0.25, 0.3) is 0 Å². The summed E-state index contributed by atoms with van der Waals surface area (Å²) in [5, 5.41) is 23.3. The third-order valence-electron chi connectivity index (χ3n) is 3.55. The Bertz CT molecular complexity index is 785. The highest BCUT2D eigenvalue weighted by Crippen LogP contribution is 2.27. The summed E-state index contributed by atoms with van der Waals surface area (Å²) < 4.78 is 33.6. The van der Waals surface area contributed by atoms with E-state index in [4.69, 9.17) is 15.0 Å². The first kappa shape index (κ1) is 30.1. The smallest absolute Gasteiger partial charge is 0.481 e. The summed E-state index contributed by atoms with van der Waals surface area (Å²) in [5.41, 5.74) is 1.01. The molecule has 0 bridgehead atoms. The lowest BCUT2D eigenvalue weighted by atomic mass is 9.89. The standard InChI is InChI=1S/C17H29N3O3S2.C2HF3O2/c1-16(2,3)14-12(11-20(19-14)17(4,5)6)15(23)18-8-10-25-24-9-7-13(21)22;3-2(4,5)1(6)7/h11H,7-10H2,1-6H3,(H,18,23)(H,21,22);(H,6,7). The highest BCUT2D eigenvalue weighted by molar-refractivity contribution is 8.76. The van der Waals surface area contributed by atoms with Crippen LogP contribution in [-0.2, 0) is 20.5 Å². The fourth-order valence-corrected chi connectivity index (χ4v) is 3.87. The third kappa shape index (κ3) is 11.7. The Balaban J connectivity index is 0.00000118. The molecule has 0 aliphatic carbocycles. The highest BCUT2D eigenvalue weighted by atomic mass is 33.1. The molecule has 0 saturated carbocycles. The van der Waals surface area contributed by atoms with E-state index in [0.717, 1.165) is 11.4 Å². The number of nitrogens with one attached hydrogen (secondary N) is 1. The summed E-state index contributed by atoms with van der Waals surface area (Å²) >= 11 is 0. The fourth-order valence-electron chi connectivity index (χ4n) is 1.99. The van der Waals surface area contributed by atoms with Crippen molar-refractivity contribution < 1.29 is 37.8 Å². The topological polar surface area (TPSA) is 122 Å². The van der Waals surface area contributed by atoms with Crippen LogP contribution in [0, 0.1) is 0 Å². The first-order valence-corrected chi connectivity index (χ1v) is 12.0. The number of amides is 1. The molecule has 0 aliphatic rings. The van der Waals surface area contributed by atoms with Crippen molar-refractivity contribution in [2.24, 2.45) is 0 Å². The van der Waals surface area contributed by atoms with Gasteiger partial charge in [0.1, 0.15) is 0 Å². The minimum Gasteiger partial charge on any atom is -0.481 e. The molecule has 32 heavy (non-hydrogen) atoms. The maximum atomic E-state index is 12.6. The zero-order valence-corrected chi connectivity index (χ0v) is 20.5. The predicted molar refractivity (Wildman–Crippen MR) is 119 cm³/mol. The molecule has 1 rings (SSSR count). The number of carbonyl (C=O) groups is 3. The summed E-state index contributed by atoms with van der Waals surface area (Å²) in [5.74, 6) is -2.36. The van der Waals surface area contributed by atoms with Gasteiger partial charge in [0.2, 0.25) is 0 Å². The van der Waals surface area contributed by atoms with Gasteiger partial charge in [0, 0.05) is 29.7 Å². The summed E-state index contributed by atoms with van der Waals surface area (Å²) in [6, 6.07) is 0. The van der Waals surface area contributed by atoms with Gasteiger partial charge >= 0.3 is 18.1 Å². The molecule has 0 saturated heterocycles. The molecule has 13 heteroatoms. The van der Waals surface area contributed by atoms with Gasteiger partial charge in [-0.3, -0.25) is 14.3 Å². The third-order valence-corrected chi connectivity index (χ3v) is 5.96. The zero-order valence-electron chi connectivity index (χ0n) is 18.9. The van der Waals surface area contributed by atoms with Gasteiger partial charge in [0.25, 0.3) is 5.91 Å². The molecular formula is C19H30F3N3O5S2. The Labute approximate surface area is 193 Å². The quantitative estimate of drug-likeness (QED) is 0.359. The first-order valence-electron chi connectivity index (χ1n) is 9.52. The van der Waals surface area contributed by atoms with Crippen molar-refractivity contribution in [3.05, 3.63) is 17.5 Å². The Morgan fingerprint density at radius 3 is 1.94 bits per heavy atom. The normalized spacial score (nSPS) is 12.0. The minimum absolute atomic E-state index is 0.114. The highest BCUT2D eigenvalue weighted by Gasteiger charge is 2.38. The van der Waals surface area contributed by atoms with Gasteiger partial charge in [-0.1, -0.05) is 42.4 Å². The van der Waals surface area contributed by atoms with Crippen LogP contribution < -0.4 is 5.32 Å². The van der Waals surface area contributed by atoms with E-state index < -0.39 is 18.1 Å². The van der Waals surface area contributed by atoms with Crippen LogP contribution in [0.2, 0.25) is 0 Å².